The average molecular weight is 523 g/mol. The topological polar surface area (TPSA) is 65.0 Å². The Hall–Kier alpha value is -2.35. The zero-order chi connectivity index (χ0) is 22.6. The van der Waals surface area contributed by atoms with Gasteiger partial charge in [-0.15, -0.1) is 0 Å². The third kappa shape index (κ3) is 5.67. The van der Waals surface area contributed by atoms with Crippen molar-refractivity contribution in [2.45, 2.75) is 25.7 Å². The molecule has 0 unspecified atom stereocenters. The molecule has 31 heavy (non-hydrogen) atoms. The molecule has 0 aromatic heterocycles. The maximum Gasteiger partial charge on any atom is 0.339 e. The van der Waals surface area contributed by atoms with Crippen LogP contribution in [0, 0.1) is 13.8 Å². The number of hydrogen-bond donors (Lipinski definition) is 0. The van der Waals surface area contributed by atoms with Gasteiger partial charge in [-0.2, -0.15) is 8.42 Å². The summed E-state index contributed by atoms with van der Waals surface area (Å²) in [6.45, 7) is 5.92. The molecule has 0 saturated heterocycles. The molecule has 0 aliphatic heterocycles. The molecule has 0 saturated carbocycles. The van der Waals surface area contributed by atoms with Gasteiger partial charge in [-0.25, -0.2) is 0 Å². The van der Waals surface area contributed by atoms with Crippen LogP contribution in [0.2, 0.25) is 5.02 Å². The van der Waals surface area contributed by atoms with Crippen LogP contribution in [0.3, 0.4) is 0 Å². The maximum absolute atomic E-state index is 12.7. The summed E-state index contributed by atoms with van der Waals surface area (Å²) in [7, 11) is -4.03. The Morgan fingerprint density at radius 3 is 2.48 bits per heavy atom. The predicted octanol–water partition coefficient (Wildman–Crippen LogP) is 6.64. The fourth-order valence-electron chi connectivity index (χ4n) is 2.75. The molecular formula is C23H21BrClNO4S. The lowest BCUT2D eigenvalue weighted by atomic mass is 10.2. The molecule has 0 aliphatic rings. The van der Waals surface area contributed by atoms with Crippen molar-refractivity contribution in [3.63, 3.8) is 0 Å². The largest absolute Gasteiger partial charge is 0.490 e. The molecule has 0 heterocycles. The van der Waals surface area contributed by atoms with Crippen LogP contribution in [0.5, 0.6) is 11.5 Å². The van der Waals surface area contributed by atoms with Gasteiger partial charge in [0.15, 0.2) is 11.5 Å². The van der Waals surface area contributed by atoms with Crippen LogP contribution < -0.4 is 8.92 Å². The lowest BCUT2D eigenvalue weighted by Gasteiger charge is -2.14. The first-order valence-corrected chi connectivity index (χ1v) is 12.1. The molecule has 3 rings (SSSR count). The number of halogens is 2. The Balaban J connectivity index is 1.96. The van der Waals surface area contributed by atoms with Crippen molar-refractivity contribution in [1.29, 1.82) is 0 Å². The number of ether oxygens (including phenoxy) is 1. The smallest absolute Gasteiger partial charge is 0.339 e. The summed E-state index contributed by atoms with van der Waals surface area (Å²) in [6.07, 6.45) is 1.66. The van der Waals surface area contributed by atoms with Gasteiger partial charge < -0.3 is 8.92 Å². The molecule has 0 bridgehead atoms. The van der Waals surface area contributed by atoms with Gasteiger partial charge in [-0.3, -0.25) is 4.99 Å². The fourth-order valence-corrected chi connectivity index (χ4v) is 4.52. The molecule has 0 aliphatic carbocycles. The predicted molar refractivity (Wildman–Crippen MR) is 128 cm³/mol. The summed E-state index contributed by atoms with van der Waals surface area (Å²) < 4.78 is 37.0. The fraction of sp³-hybridized carbons (Fsp3) is 0.174. The minimum Gasteiger partial charge on any atom is -0.490 e. The molecule has 0 fully saturated rings. The van der Waals surface area contributed by atoms with Gasteiger partial charge in [0.25, 0.3) is 0 Å². The molecule has 0 N–H and O–H groups in total. The third-order valence-corrected chi connectivity index (χ3v) is 6.66. The third-order valence-electron chi connectivity index (χ3n) is 4.43. The van der Waals surface area contributed by atoms with Gasteiger partial charge in [0.1, 0.15) is 4.90 Å². The van der Waals surface area contributed by atoms with Crippen molar-refractivity contribution in [2.24, 2.45) is 4.99 Å². The van der Waals surface area contributed by atoms with E-state index in [4.69, 9.17) is 20.5 Å². The highest BCUT2D eigenvalue weighted by Crippen LogP contribution is 2.38. The van der Waals surface area contributed by atoms with Crippen LogP contribution in [-0.4, -0.2) is 21.2 Å². The van der Waals surface area contributed by atoms with Gasteiger partial charge in [0.05, 0.1) is 16.8 Å². The molecule has 3 aromatic rings. The van der Waals surface area contributed by atoms with Gasteiger partial charge in [0, 0.05) is 11.2 Å². The Bertz CT molecular complexity index is 1230. The van der Waals surface area contributed by atoms with E-state index < -0.39 is 10.1 Å². The van der Waals surface area contributed by atoms with Gasteiger partial charge in [0.2, 0.25) is 0 Å². The van der Waals surface area contributed by atoms with Gasteiger partial charge >= 0.3 is 10.1 Å². The maximum atomic E-state index is 12.7. The summed E-state index contributed by atoms with van der Waals surface area (Å²) in [5.41, 5.74) is 3.26. The summed E-state index contributed by atoms with van der Waals surface area (Å²) in [5, 5.41) is 0.635. The zero-order valence-electron chi connectivity index (χ0n) is 17.2. The van der Waals surface area contributed by atoms with E-state index in [9.17, 15) is 8.42 Å². The molecular weight excluding hydrogens is 502 g/mol. The number of hydrogen-bond acceptors (Lipinski definition) is 5. The first kappa shape index (κ1) is 23.3. The average Bonchev–Trinajstić information content (AvgIpc) is 2.72. The normalized spacial score (nSPS) is 11.6. The van der Waals surface area contributed by atoms with E-state index >= 15 is 0 Å². The molecule has 0 radical (unpaired) electrons. The number of rotatable bonds is 7. The first-order chi connectivity index (χ1) is 14.7. The quantitative estimate of drug-likeness (QED) is 0.258. The van der Waals surface area contributed by atoms with E-state index in [2.05, 4.69) is 20.9 Å². The number of nitrogens with zero attached hydrogens (tertiary/aromatic N) is 1. The van der Waals surface area contributed by atoms with Crippen LogP contribution in [0.1, 0.15) is 23.6 Å². The van der Waals surface area contributed by atoms with Crippen LogP contribution in [-0.2, 0) is 10.1 Å². The second-order valence-corrected chi connectivity index (χ2v) is 9.56. The van der Waals surface area contributed by atoms with Crippen LogP contribution in [0.25, 0.3) is 0 Å². The van der Waals surface area contributed by atoms with E-state index in [1.54, 1.807) is 36.5 Å². The highest BCUT2D eigenvalue weighted by molar-refractivity contribution is 9.10. The van der Waals surface area contributed by atoms with E-state index in [1.807, 2.05) is 32.9 Å². The van der Waals surface area contributed by atoms with Gasteiger partial charge in [-0.1, -0.05) is 35.4 Å². The summed E-state index contributed by atoms with van der Waals surface area (Å²) in [6, 6.07) is 15.3. The molecule has 5 nitrogen and oxygen atoms in total. The Morgan fingerprint density at radius 1 is 1.10 bits per heavy atom. The lowest BCUT2D eigenvalue weighted by molar-refractivity contribution is 0.327. The van der Waals surface area contributed by atoms with Gasteiger partial charge in [-0.05, 0) is 84.2 Å². The lowest BCUT2D eigenvalue weighted by Crippen LogP contribution is -2.11. The van der Waals surface area contributed by atoms with Crippen LogP contribution >= 0.6 is 27.5 Å². The molecule has 162 valence electrons. The number of aliphatic imine (C=N–C) groups is 1. The molecule has 8 heteroatoms. The van der Waals surface area contributed by atoms with Crippen LogP contribution in [0.4, 0.5) is 5.69 Å². The summed E-state index contributed by atoms with van der Waals surface area (Å²) in [4.78, 5) is 4.56. The van der Waals surface area contributed by atoms with Crippen molar-refractivity contribution in [2.75, 3.05) is 6.61 Å². The SMILES string of the molecule is CCOc1cc(C=Nc2cccc(Cl)c2C)cc(Br)c1OS(=O)(=O)c1ccc(C)cc1. The Labute approximate surface area is 195 Å². The second kappa shape index (κ2) is 9.85. The molecule has 0 atom stereocenters. The van der Waals surface area contributed by atoms with E-state index in [-0.39, 0.29) is 16.4 Å². The Kier molecular flexibility index (Phi) is 7.41. The van der Waals surface area contributed by atoms with Crippen molar-refractivity contribution < 1.29 is 17.3 Å². The van der Waals surface area contributed by atoms with E-state index in [0.717, 1.165) is 16.8 Å². The van der Waals surface area contributed by atoms with E-state index in [1.165, 1.54) is 12.1 Å². The van der Waals surface area contributed by atoms with Crippen molar-refractivity contribution >= 4 is 49.6 Å². The monoisotopic (exact) mass is 521 g/mol. The highest BCUT2D eigenvalue weighted by atomic mass is 79.9. The Morgan fingerprint density at radius 2 is 1.81 bits per heavy atom. The summed E-state index contributed by atoms with van der Waals surface area (Å²) >= 11 is 9.56. The van der Waals surface area contributed by atoms with Crippen molar-refractivity contribution in [1.82, 2.24) is 0 Å². The second-order valence-electron chi connectivity index (χ2n) is 6.76. The van der Waals surface area contributed by atoms with Crippen molar-refractivity contribution in [3.05, 3.63) is 80.8 Å². The standard InChI is InChI=1S/C23H21BrClNO4S/c1-4-29-22-13-17(14-26-21-7-5-6-20(25)16(21)3)12-19(24)23(22)30-31(27,28)18-10-8-15(2)9-11-18/h5-14H,4H2,1-3H3. The van der Waals surface area contributed by atoms with Crippen molar-refractivity contribution in [3.8, 4) is 11.5 Å². The number of aryl methyl sites for hydroxylation is 1. The molecule has 0 amide bonds. The minimum atomic E-state index is -4.03. The summed E-state index contributed by atoms with van der Waals surface area (Å²) in [5.74, 6) is 0.371. The number of benzene rings is 3. The zero-order valence-corrected chi connectivity index (χ0v) is 20.4. The molecule has 3 aromatic carbocycles. The van der Waals surface area contributed by atoms with E-state index in [0.29, 0.717) is 21.7 Å². The highest BCUT2D eigenvalue weighted by Gasteiger charge is 2.22. The van der Waals surface area contributed by atoms with Crippen LogP contribution in [0.15, 0.2) is 69.0 Å². The first-order valence-electron chi connectivity index (χ1n) is 9.48. The minimum absolute atomic E-state index is 0.0644. The molecule has 0 spiro atoms.